The molecule has 0 saturated carbocycles. The summed E-state index contributed by atoms with van der Waals surface area (Å²) in [5.41, 5.74) is 6.78. The molecule has 3 nitrogen and oxygen atoms in total. The highest BCUT2D eigenvalue weighted by atomic mass is 19.1. The summed E-state index contributed by atoms with van der Waals surface area (Å²) in [5, 5.41) is 0. The van der Waals surface area contributed by atoms with E-state index in [0.29, 0.717) is 6.54 Å². The van der Waals surface area contributed by atoms with Gasteiger partial charge in [0.2, 0.25) is 0 Å². The fourth-order valence-electron chi connectivity index (χ4n) is 2.60. The van der Waals surface area contributed by atoms with Crippen molar-refractivity contribution in [2.75, 3.05) is 20.1 Å². The minimum Gasteiger partial charge on any atom is -0.372 e. The zero-order chi connectivity index (χ0) is 13.7. The number of hydrogen-bond donors (Lipinski definition) is 1. The van der Waals surface area contributed by atoms with Gasteiger partial charge in [0.05, 0.1) is 12.2 Å². The van der Waals surface area contributed by atoms with E-state index in [-0.39, 0.29) is 18.0 Å². The third-order valence-corrected chi connectivity index (χ3v) is 3.58. The van der Waals surface area contributed by atoms with Crippen molar-refractivity contribution in [2.24, 2.45) is 5.73 Å². The van der Waals surface area contributed by atoms with Crippen molar-refractivity contribution in [3.8, 4) is 0 Å². The molecular formula is C15H23FN2O. The average molecular weight is 266 g/mol. The van der Waals surface area contributed by atoms with E-state index in [0.717, 1.165) is 31.5 Å². The van der Waals surface area contributed by atoms with Gasteiger partial charge in [0, 0.05) is 19.6 Å². The highest BCUT2D eigenvalue weighted by Crippen LogP contribution is 2.19. The van der Waals surface area contributed by atoms with Crippen molar-refractivity contribution in [2.45, 2.75) is 38.0 Å². The van der Waals surface area contributed by atoms with Gasteiger partial charge in [-0.25, -0.2) is 4.39 Å². The van der Waals surface area contributed by atoms with Crippen molar-refractivity contribution < 1.29 is 9.13 Å². The summed E-state index contributed by atoms with van der Waals surface area (Å²) in [6.07, 6.45) is 3.86. The van der Waals surface area contributed by atoms with Crippen LogP contribution in [0, 0.1) is 5.82 Å². The van der Waals surface area contributed by atoms with Gasteiger partial charge in [-0.1, -0.05) is 12.1 Å². The van der Waals surface area contributed by atoms with Crippen LogP contribution < -0.4 is 5.73 Å². The van der Waals surface area contributed by atoms with Gasteiger partial charge in [0.15, 0.2) is 0 Å². The summed E-state index contributed by atoms with van der Waals surface area (Å²) in [7, 11) is 2.07. The van der Waals surface area contributed by atoms with Gasteiger partial charge in [-0.2, -0.15) is 0 Å². The van der Waals surface area contributed by atoms with E-state index < -0.39 is 0 Å². The zero-order valence-electron chi connectivity index (χ0n) is 11.5. The van der Waals surface area contributed by atoms with E-state index in [9.17, 15) is 4.39 Å². The quantitative estimate of drug-likeness (QED) is 0.887. The molecule has 19 heavy (non-hydrogen) atoms. The van der Waals surface area contributed by atoms with E-state index in [1.165, 1.54) is 18.6 Å². The summed E-state index contributed by atoms with van der Waals surface area (Å²) in [4.78, 5) is 2.22. The molecule has 0 amide bonds. The number of rotatable bonds is 5. The predicted octanol–water partition coefficient (Wildman–Crippen LogP) is 2.15. The summed E-state index contributed by atoms with van der Waals surface area (Å²) >= 11 is 0. The highest BCUT2D eigenvalue weighted by molar-refractivity contribution is 5.15. The first kappa shape index (κ1) is 14.4. The standard InChI is InChI=1S/C15H23FN2O/c1-18(10-12-5-7-13(16)8-6-12)11-15-4-2-3-14(9-17)19-15/h5-8,14-15H,2-4,9-11,17H2,1H3/t14?,15-/m0/s1. The Morgan fingerprint density at radius 1 is 1.26 bits per heavy atom. The summed E-state index contributed by atoms with van der Waals surface area (Å²) in [5.74, 6) is -0.187. The fraction of sp³-hybridized carbons (Fsp3) is 0.600. The smallest absolute Gasteiger partial charge is 0.123 e. The third-order valence-electron chi connectivity index (χ3n) is 3.58. The van der Waals surface area contributed by atoms with Gasteiger partial charge in [0.1, 0.15) is 5.82 Å². The Morgan fingerprint density at radius 3 is 2.63 bits per heavy atom. The van der Waals surface area contributed by atoms with Crippen LogP contribution in [0.2, 0.25) is 0 Å². The molecule has 0 bridgehead atoms. The molecule has 0 spiro atoms. The number of nitrogens with zero attached hydrogens (tertiary/aromatic N) is 1. The first-order valence-electron chi connectivity index (χ1n) is 6.96. The Bertz CT molecular complexity index is 382. The van der Waals surface area contributed by atoms with Gasteiger partial charge < -0.3 is 10.5 Å². The second-order valence-electron chi connectivity index (χ2n) is 5.37. The van der Waals surface area contributed by atoms with Crippen LogP contribution in [-0.4, -0.2) is 37.2 Å². The molecule has 1 aliphatic rings. The monoisotopic (exact) mass is 266 g/mol. The fourth-order valence-corrected chi connectivity index (χ4v) is 2.60. The molecule has 0 aliphatic carbocycles. The number of likely N-dealkylation sites (N-methyl/N-ethyl adjacent to an activating group) is 1. The molecule has 1 aromatic carbocycles. The van der Waals surface area contributed by atoms with E-state index >= 15 is 0 Å². The molecule has 1 saturated heterocycles. The van der Waals surface area contributed by atoms with Crippen LogP contribution in [0.25, 0.3) is 0 Å². The van der Waals surface area contributed by atoms with Gasteiger partial charge in [-0.05, 0) is 44.0 Å². The van der Waals surface area contributed by atoms with Crippen LogP contribution in [0.3, 0.4) is 0 Å². The van der Waals surface area contributed by atoms with Crippen molar-refractivity contribution in [1.29, 1.82) is 0 Å². The molecular weight excluding hydrogens is 243 g/mol. The largest absolute Gasteiger partial charge is 0.372 e. The normalized spacial score (nSPS) is 23.8. The maximum absolute atomic E-state index is 12.8. The second-order valence-corrected chi connectivity index (χ2v) is 5.37. The zero-order valence-corrected chi connectivity index (χ0v) is 11.5. The minimum atomic E-state index is -0.187. The van der Waals surface area contributed by atoms with Gasteiger partial charge in [0.25, 0.3) is 0 Å². The molecule has 1 fully saturated rings. The lowest BCUT2D eigenvalue weighted by Gasteiger charge is -2.32. The van der Waals surface area contributed by atoms with Crippen LogP contribution in [0.4, 0.5) is 4.39 Å². The molecule has 2 rings (SSSR count). The SMILES string of the molecule is CN(Cc1ccc(F)cc1)C[C@@H]1CCCC(CN)O1. The van der Waals surface area contributed by atoms with E-state index in [4.69, 9.17) is 10.5 Å². The maximum Gasteiger partial charge on any atom is 0.123 e. The van der Waals surface area contributed by atoms with Crippen molar-refractivity contribution >= 4 is 0 Å². The van der Waals surface area contributed by atoms with Crippen LogP contribution in [0.5, 0.6) is 0 Å². The molecule has 2 atom stereocenters. The lowest BCUT2D eigenvalue weighted by atomic mass is 10.0. The number of halogens is 1. The van der Waals surface area contributed by atoms with Crippen LogP contribution in [-0.2, 0) is 11.3 Å². The lowest BCUT2D eigenvalue weighted by Crippen LogP contribution is -2.39. The summed E-state index contributed by atoms with van der Waals surface area (Å²) < 4.78 is 18.8. The van der Waals surface area contributed by atoms with Crippen LogP contribution in [0.15, 0.2) is 24.3 Å². The molecule has 4 heteroatoms. The third kappa shape index (κ3) is 4.56. The van der Waals surface area contributed by atoms with Crippen molar-refractivity contribution in [3.05, 3.63) is 35.6 Å². The molecule has 1 aromatic rings. The van der Waals surface area contributed by atoms with Crippen molar-refractivity contribution in [1.82, 2.24) is 4.90 Å². The molecule has 106 valence electrons. The molecule has 0 radical (unpaired) electrons. The topological polar surface area (TPSA) is 38.5 Å². The number of ether oxygens (including phenoxy) is 1. The Morgan fingerprint density at radius 2 is 1.95 bits per heavy atom. The molecule has 1 unspecified atom stereocenters. The predicted molar refractivity (Wildman–Crippen MR) is 74.3 cm³/mol. The second kappa shape index (κ2) is 6.98. The van der Waals surface area contributed by atoms with Crippen molar-refractivity contribution in [3.63, 3.8) is 0 Å². The first-order chi connectivity index (χ1) is 9.17. The first-order valence-corrected chi connectivity index (χ1v) is 6.96. The molecule has 1 aliphatic heterocycles. The highest BCUT2D eigenvalue weighted by Gasteiger charge is 2.22. The van der Waals surface area contributed by atoms with Crippen LogP contribution >= 0.6 is 0 Å². The Kier molecular flexibility index (Phi) is 5.31. The Hall–Kier alpha value is -0.970. The number of benzene rings is 1. The average Bonchev–Trinajstić information content (AvgIpc) is 2.41. The number of nitrogens with two attached hydrogens (primary N) is 1. The Balaban J connectivity index is 1.80. The van der Waals surface area contributed by atoms with E-state index in [2.05, 4.69) is 11.9 Å². The summed E-state index contributed by atoms with van der Waals surface area (Å²) in [6, 6.07) is 6.67. The minimum absolute atomic E-state index is 0.187. The van der Waals surface area contributed by atoms with E-state index in [1.807, 2.05) is 12.1 Å². The van der Waals surface area contributed by atoms with Gasteiger partial charge in [-0.15, -0.1) is 0 Å². The molecule has 0 aromatic heterocycles. The summed E-state index contributed by atoms with van der Waals surface area (Å²) in [6.45, 7) is 2.32. The molecule has 1 heterocycles. The lowest BCUT2D eigenvalue weighted by molar-refractivity contribution is -0.0562. The van der Waals surface area contributed by atoms with E-state index in [1.54, 1.807) is 0 Å². The van der Waals surface area contributed by atoms with Crippen LogP contribution in [0.1, 0.15) is 24.8 Å². The Labute approximate surface area is 114 Å². The van der Waals surface area contributed by atoms with Gasteiger partial charge >= 0.3 is 0 Å². The molecule has 2 N–H and O–H groups in total. The maximum atomic E-state index is 12.8. The number of hydrogen-bond acceptors (Lipinski definition) is 3. The van der Waals surface area contributed by atoms with Gasteiger partial charge in [-0.3, -0.25) is 4.90 Å².